The molecule has 4 atom stereocenters. The number of hydrogen-bond donors (Lipinski definition) is 2. The van der Waals surface area contributed by atoms with Crippen LogP contribution in [-0.2, 0) is 26.3 Å². The molecule has 1 saturated carbocycles. The number of halogens is 1. The van der Waals surface area contributed by atoms with Crippen LogP contribution < -0.4 is 4.72 Å². The highest BCUT2D eigenvalue weighted by Gasteiger charge is 2.70. The molecule has 0 aromatic heterocycles. The van der Waals surface area contributed by atoms with Gasteiger partial charge in [-0.1, -0.05) is 61.0 Å². The zero-order chi connectivity index (χ0) is 22.2. The minimum Gasteiger partial charge on any atom is -0.480 e. The lowest BCUT2D eigenvalue weighted by Gasteiger charge is -2.22. The number of nitrogens with zero attached hydrogens (tertiary/aromatic N) is 1. The summed E-state index contributed by atoms with van der Waals surface area (Å²) in [5, 5.41) is 10.5. The first kappa shape index (κ1) is 22.2. The van der Waals surface area contributed by atoms with E-state index in [4.69, 9.17) is 16.3 Å². The zero-order valence-corrected chi connectivity index (χ0v) is 18.6. The quantitative estimate of drug-likeness (QED) is 0.626. The number of hydrogen-bond acceptors (Lipinski definition) is 4. The molecule has 1 saturated heterocycles. The largest absolute Gasteiger partial charge is 0.480 e. The monoisotopic (exact) mass is 464 g/mol. The number of ether oxygens (including phenoxy) is 1. The highest BCUT2D eigenvalue weighted by Crippen LogP contribution is 2.58. The topological polar surface area (TPSA) is 95.9 Å². The third-order valence-corrected chi connectivity index (χ3v) is 8.07. The summed E-state index contributed by atoms with van der Waals surface area (Å²) in [6, 6.07) is 16.5. The van der Waals surface area contributed by atoms with E-state index in [1.807, 2.05) is 42.5 Å². The Balaban J connectivity index is 1.42. The molecular formula is C22H25ClN2O5S. The van der Waals surface area contributed by atoms with Crippen molar-refractivity contribution in [2.24, 2.45) is 5.92 Å². The maximum atomic E-state index is 13.1. The molecule has 7 nitrogen and oxygen atoms in total. The minimum absolute atomic E-state index is 0.177. The van der Waals surface area contributed by atoms with Gasteiger partial charge in [-0.15, -0.1) is 0 Å². The van der Waals surface area contributed by atoms with E-state index in [2.05, 4.69) is 4.72 Å². The zero-order valence-electron chi connectivity index (χ0n) is 17.1. The molecule has 0 bridgehead atoms. The molecule has 0 amide bonds. The summed E-state index contributed by atoms with van der Waals surface area (Å²) >= 11 is 5.98. The lowest BCUT2D eigenvalue weighted by molar-refractivity contribution is -0.140. The maximum Gasteiger partial charge on any atom is 0.325 e. The Morgan fingerprint density at radius 3 is 2.68 bits per heavy atom. The second-order valence-corrected chi connectivity index (χ2v) is 10.3. The van der Waals surface area contributed by atoms with Crippen LogP contribution in [0.25, 0.3) is 0 Å². The van der Waals surface area contributed by atoms with Crippen LogP contribution >= 0.6 is 11.6 Å². The highest BCUT2D eigenvalue weighted by atomic mass is 35.5. The van der Waals surface area contributed by atoms with Gasteiger partial charge in [0.15, 0.2) is 0 Å². The number of carbonyl (C=O) groups is 1. The van der Waals surface area contributed by atoms with Crippen LogP contribution in [0.1, 0.15) is 30.4 Å². The van der Waals surface area contributed by atoms with Crippen molar-refractivity contribution in [3.63, 3.8) is 0 Å². The normalized spacial score (nSPS) is 28.5. The van der Waals surface area contributed by atoms with Gasteiger partial charge < -0.3 is 9.84 Å². The number of benzene rings is 2. The third-order valence-electron chi connectivity index (χ3n) is 6.23. The molecule has 0 radical (unpaired) electrons. The molecule has 1 aliphatic carbocycles. The van der Waals surface area contributed by atoms with Gasteiger partial charge in [-0.05, 0) is 35.6 Å². The molecule has 0 spiro atoms. The van der Waals surface area contributed by atoms with Crippen molar-refractivity contribution < 1.29 is 23.1 Å². The van der Waals surface area contributed by atoms with Crippen molar-refractivity contribution in [3.8, 4) is 0 Å². The van der Waals surface area contributed by atoms with Gasteiger partial charge in [0.25, 0.3) is 10.2 Å². The lowest BCUT2D eigenvalue weighted by Crippen LogP contribution is -2.51. The van der Waals surface area contributed by atoms with E-state index in [0.717, 1.165) is 11.1 Å². The van der Waals surface area contributed by atoms with Gasteiger partial charge in [0, 0.05) is 24.0 Å². The van der Waals surface area contributed by atoms with Crippen LogP contribution in [0, 0.1) is 5.92 Å². The van der Waals surface area contributed by atoms with E-state index in [9.17, 15) is 18.3 Å². The van der Waals surface area contributed by atoms with Crippen LogP contribution in [0.5, 0.6) is 0 Å². The van der Waals surface area contributed by atoms with Crippen LogP contribution in [0.15, 0.2) is 54.6 Å². The number of carboxylic acids is 1. The molecule has 1 heterocycles. The van der Waals surface area contributed by atoms with E-state index >= 15 is 0 Å². The van der Waals surface area contributed by atoms with Crippen molar-refractivity contribution in [1.82, 2.24) is 9.03 Å². The average molecular weight is 465 g/mol. The Kier molecular flexibility index (Phi) is 6.11. The van der Waals surface area contributed by atoms with E-state index < -0.39 is 27.6 Å². The molecule has 2 aromatic carbocycles. The van der Waals surface area contributed by atoms with Gasteiger partial charge in [0.1, 0.15) is 5.54 Å². The molecule has 2 fully saturated rings. The number of carboxylic acid groups (broad SMARTS) is 1. The Morgan fingerprint density at radius 1 is 1.26 bits per heavy atom. The van der Waals surface area contributed by atoms with Crippen molar-refractivity contribution in [3.05, 3.63) is 70.7 Å². The Hall–Kier alpha value is -1.97. The van der Waals surface area contributed by atoms with Crippen molar-refractivity contribution in [1.29, 1.82) is 0 Å². The first-order valence-electron chi connectivity index (χ1n) is 10.2. The molecule has 31 heavy (non-hydrogen) atoms. The van der Waals surface area contributed by atoms with Crippen LogP contribution in [0.4, 0.5) is 0 Å². The van der Waals surface area contributed by atoms with E-state index in [1.54, 1.807) is 19.1 Å². The molecule has 2 aliphatic rings. The van der Waals surface area contributed by atoms with Crippen LogP contribution in [-0.4, -0.2) is 48.5 Å². The molecular weight excluding hydrogens is 440 g/mol. The van der Waals surface area contributed by atoms with E-state index in [0.29, 0.717) is 18.1 Å². The maximum absolute atomic E-state index is 13.1. The Labute approximate surface area is 187 Å². The van der Waals surface area contributed by atoms with Gasteiger partial charge in [-0.2, -0.15) is 17.4 Å². The van der Waals surface area contributed by atoms with Crippen molar-refractivity contribution >= 4 is 27.8 Å². The third kappa shape index (κ3) is 4.36. The minimum atomic E-state index is -4.00. The fraction of sp³-hybridized carbons (Fsp3) is 0.409. The SMILES string of the molecule is C[C@@H]1[C@H](c2ccccc2)[C@]1(NS(=O)(=O)N1CCC(OCc2cccc(Cl)c2)C1)C(=O)O. The van der Waals surface area contributed by atoms with Gasteiger partial charge >= 0.3 is 5.97 Å². The molecule has 2 N–H and O–H groups in total. The predicted molar refractivity (Wildman–Crippen MR) is 117 cm³/mol. The summed E-state index contributed by atoms with van der Waals surface area (Å²) in [6.07, 6.45) is 0.275. The highest BCUT2D eigenvalue weighted by molar-refractivity contribution is 7.87. The molecule has 4 rings (SSSR count). The Bertz CT molecular complexity index is 1060. The van der Waals surface area contributed by atoms with Crippen molar-refractivity contribution in [2.75, 3.05) is 13.1 Å². The fourth-order valence-corrected chi connectivity index (χ4v) is 6.35. The summed E-state index contributed by atoms with van der Waals surface area (Å²) in [5.74, 6) is -1.94. The van der Waals surface area contributed by atoms with Crippen molar-refractivity contribution in [2.45, 2.75) is 37.5 Å². The number of aliphatic carboxylic acids is 1. The fourth-order valence-electron chi connectivity index (χ4n) is 4.47. The van der Waals surface area contributed by atoms with Crippen LogP contribution in [0.2, 0.25) is 5.02 Å². The number of rotatable bonds is 8. The molecule has 1 unspecified atom stereocenters. The second-order valence-electron chi connectivity index (χ2n) is 8.17. The summed E-state index contributed by atoms with van der Waals surface area (Å²) < 4.78 is 35.8. The Morgan fingerprint density at radius 2 is 2.00 bits per heavy atom. The summed E-state index contributed by atoms with van der Waals surface area (Å²) in [4.78, 5) is 12.1. The van der Waals surface area contributed by atoms with Crippen LogP contribution in [0.3, 0.4) is 0 Å². The predicted octanol–water partition coefficient (Wildman–Crippen LogP) is 3.02. The molecule has 2 aromatic rings. The number of nitrogens with one attached hydrogen (secondary N) is 1. The van der Waals surface area contributed by atoms with E-state index in [-0.39, 0.29) is 25.1 Å². The van der Waals surface area contributed by atoms with Gasteiger partial charge in [-0.3, -0.25) is 4.79 Å². The molecule has 1 aliphatic heterocycles. The smallest absolute Gasteiger partial charge is 0.325 e. The van der Waals surface area contributed by atoms with E-state index in [1.165, 1.54) is 4.31 Å². The average Bonchev–Trinajstić information content (AvgIpc) is 3.09. The van der Waals surface area contributed by atoms with Gasteiger partial charge in [0.05, 0.1) is 12.7 Å². The van der Waals surface area contributed by atoms with Gasteiger partial charge in [0.2, 0.25) is 0 Å². The second kappa shape index (κ2) is 8.52. The standard InChI is InChI=1S/C22H25ClN2O5S/c1-15-20(17-7-3-2-4-8-17)22(15,21(26)27)24-31(28,29)25-11-10-19(13-25)30-14-16-6-5-9-18(23)12-16/h2-9,12,15,19-20,24H,10-11,13-14H2,1H3,(H,26,27)/t15-,19?,20-,22+/m1/s1. The first-order valence-corrected chi connectivity index (χ1v) is 12.0. The first-order chi connectivity index (χ1) is 14.7. The lowest BCUT2D eigenvalue weighted by atomic mass is 10.1. The summed E-state index contributed by atoms with van der Waals surface area (Å²) in [6.45, 7) is 2.54. The summed E-state index contributed by atoms with van der Waals surface area (Å²) in [7, 11) is -4.00. The van der Waals surface area contributed by atoms with Gasteiger partial charge in [-0.25, -0.2) is 0 Å². The molecule has 9 heteroatoms. The molecule has 166 valence electrons. The summed E-state index contributed by atoms with van der Waals surface area (Å²) in [5.41, 5.74) is 0.179.